The number of benzene rings is 2. The van der Waals surface area contributed by atoms with Gasteiger partial charge in [-0.2, -0.15) is 0 Å². The van der Waals surface area contributed by atoms with Crippen LogP contribution in [0.4, 0.5) is 0 Å². The average Bonchev–Trinajstić information content (AvgIpc) is 3.27. The van der Waals surface area contributed by atoms with Gasteiger partial charge >= 0.3 is 5.76 Å². The molecule has 1 aromatic heterocycles. The van der Waals surface area contributed by atoms with Crippen molar-refractivity contribution in [3.8, 4) is 5.75 Å². The molecule has 9 heteroatoms. The summed E-state index contributed by atoms with van der Waals surface area (Å²) in [6.07, 6.45) is 4.85. The van der Waals surface area contributed by atoms with Crippen LogP contribution in [-0.4, -0.2) is 71.2 Å². The van der Waals surface area contributed by atoms with Crippen LogP contribution in [0.3, 0.4) is 0 Å². The molecule has 1 unspecified atom stereocenters. The van der Waals surface area contributed by atoms with Crippen LogP contribution in [0, 0.1) is 0 Å². The molecule has 5 rings (SSSR count). The number of ether oxygens (including phenoxy) is 2. The van der Waals surface area contributed by atoms with E-state index in [4.69, 9.17) is 13.9 Å². The number of fused-ring (bicyclic) bond motifs is 2. The van der Waals surface area contributed by atoms with Crippen LogP contribution < -0.4 is 10.5 Å². The predicted octanol–water partition coefficient (Wildman–Crippen LogP) is 3.63. The molecule has 2 aliphatic rings. The Morgan fingerprint density at radius 3 is 2.69 bits per heavy atom. The van der Waals surface area contributed by atoms with Gasteiger partial charge in [0, 0.05) is 13.1 Å². The highest BCUT2D eigenvalue weighted by atomic mass is 16.5. The summed E-state index contributed by atoms with van der Waals surface area (Å²) in [6, 6.07) is 15.1. The maximum Gasteiger partial charge on any atom is 0.420 e. The van der Waals surface area contributed by atoms with Crippen molar-refractivity contribution in [3.63, 3.8) is 0 Å². The summed E-state index contributed by atoms with van der Waals surface area (Å²) in [4.78, 5) is 43.6. The van der Waals surface area contributed by atoms with Crippen molar-refractivity contribution >= 4 is 22.9 Å². The molecule has 208 valence electrons. The minimum Gasteiger partial charge on any atom is -0.491 e. The molecule has 39 heavy (non-hydrogen) atoms. The SMILES string of the molecule is CCCCN1CCOc2ccccc2CCCCC2(CN(C(=O)Cn3c(=O)oc4ccccc43)CCO2)C1=O. The maximum atomic E-state index is 14.1. The Morgan fingerprint density at radius 2 is 1.82 bits per heavy atom. The smallest absolute Gasteiger partial charge is 0.420 e. The van der Waals surface area contributed by atoms with E-state index in [2.05, 4.69) is 13.0 Å². The van der Waals surface area contributed by atoms with Crippen molar-refractivity contribution in [2.45, 2.75) is 57.6 Å². The highest BCUT2D eigenvalue weighted by Crippen LogP contribution is 2.30. The summed E-state index contributed by atoms with van der Waals surface area (Å²) < 4.78 is 19.1. The van der Waals surface area contributed by atoms with E-state index in [9.17, 15) is 14.4 Å². The summed E-state index contributed by atoms with van der Waals surface area (Å²) in [5, 5.41) is 0. The first-order chi connectivity index (χ1) is 19.0. The van der Waals surface area contributed by atoms with Gasteiger partial charge in [0.05, 0.1) is 25.2 Å². The number of aryl methyl sites for hydroxylation is 1. The highest BCUT2D eigenvalue weighted by molar-refractivity contribution is 5.87. The molecule has 0 aliphatic carbocycles. The molecule has 0 radical (unpaired) electrons. The van der Waals surface area contributed by atoms with Gasteiger partial charge in [-0.15, -0.1) is 0 Å². The first-order valence-electron chi connectivity index (χ1n) is 14.0. The molecule has 9 nitrogen and oxygen atoms in total. The van der Waals surface area contributed by atoms with Crippen molar-refractivity contribution in [1.82, 2.24) is 14.4 Å². The van der Waals surface area contributed by atoms with E-state index in [1.165, 1.54) is 4.57 Å². The summed E-state index contributed by atoms with van der Waals surface area (Å²) in [5.74, 6) is -0.0107. The Morgan fingerprint density at radius 1 is 1.00 bits per heavy atom. The van der Waals surface area contributed by atoms with E-state index in [1.807, 2.05) is 23.1 Å². The van der Waals surface area contributed by atoms with E-state index in [1.54, 1.807) is 29.2 Å². The quantitative estimate of drug-likeness (QED) is 0.495. The topological polar surface area (TPSA) is 94.2 Å². The fourth-order valence-electron chi connectivity index (χ4n) is 5.58. The third kappa shape index (κ3) is 5.88. The monoisotopic (exact) mass is 535 g/mol. The van der Waals surface area contributed by atoms with Crippen LogP contribution in [0.15, 0.2) is 57.7 Å². The molecule has 0 saturated carbocycles. The Balaban J connectivity index is 1.38. The van der Waals surface area contributed by atoms with Crippen LogP contribution in [0.2, 0.25) is 0 Å². The number of hydrogen-bond donors (Lipinski definition) is 0. The first-order valence-corrected chi connectivity index (χ1v) is 14.0. The third-order valence-electron chi connectivity index (χ3n) is 7.73. The number of carbonyl (C=O) groups is 2. The van der Waals surface area contributed by atoms with Gasteiger partial charge in [0.15, 0.2) is 11.2 Å². The number of oxazole rings is 1. The molecule has 2 amide bonds. The zero-order valence-electron chi connectivity index (χ0n) is 22.6. The number of aromatic nitrogens is 1. The molecule has 0 N–H and O–H groups in total. The minimum absolute atomic E-state index is 0.0863. The molecule has 1 spiro atoms. The van der Waals surface area contributed by atoms with Crippen LogP contribution >= 0.6 is 0 Å². The van der Waals surface area contributed by atoms with Gasteiger partial charge in [0.2, 0.25) is 5.91 Å². The highest BCUT2D eigenvalue weighted by Gasteiger charge is 2.46. The second-order valence-electron chi connectivity index (χ2n) is 10.4. The molecule has 2 aliphatic heterocycles. The zero-order valence-corrected chi connectivity index (χ0v) is 22.6. The van der Waals surface area contributed by atoms with Gasteiger partial charge in [0.1, 0.15) is 18.9 Å². The van der Waals surface area contributed by atoms with Crippen LogP contribution in [0.5, 0.6) is 5.75 Å². The molecular formula is C30H37N3O6. The van der Waals surface area contributed by atoms with Crippen molar-refractivity contribution in [2.24, 2.45) is 0 Å². The number of morpholine rings is 1. The van der Waals surface area contributed by atoms with Gasteiger partial charge in [-0.3, -0.25) is 14.2 Å². The lowest BCUT2D eigenvalue weighted by molar-refractivity contribution is -0.177. The van der Waals surface area contributed by atoms with Crippen molar-refractivity contribution in [3.05, 3.63) is 64.6 Å². The molecule has 2 aromatic carbocycles. The van der Waals surface area contributed by atoms with E-state index in [0.29, 0.717) is 43.8 Å². The van der Waals surface area contributed by atoms with Crippen molar-refractivity contribution in [2.75, 3.05) is 39.4 Å². The standard InChI is InChI=1S/C30H37N3O6/c1-2-3-16-31-17-19-37-25-13-6-4-10-23(25)11-8-9-15-30(28(31)35)22-32(18-20-38-30)27(34)21-33-24-12-5-7-14-26(24)39-29(33)36/h4-7,10,12-14H,2-3,8-9,11,15-22H2,1H3. The minimum atomic E-state index is -1.12. The molecule has 1 saturated heterocycles. The summed E-state index contributed by atoms with van der Waals surface area (Å²) in [6.45, 7) is 4.19. The first kappa shape index (κ1) is 27.0. The number of para-hydroxylation sites is 3. The van der Waals surface area contributed by atoms with Gasteiger partial charge in [-0.05, 0) is 55.9 Å². The van der Waals surface area contributed by atoms with Gasteiger partial charge in [-0.1, -0.05) is 43.7 Å². The Kier molecular flexibility index (Phi) is 8.35. The summed E-state index contributed by atoms with van der Waals surface area (Å²) in [5.41, 5.74) is 1.06. The average molecular weight is 536 g/mol. The number of hydrogen-bond acceptors (Lipinski definition) is 6. The van der Waals surface area contributed by atoms with Crippen LogP contribution in [-0.2, 0) is 27.3 Å². The number of amides is 2. The number of unbranched alkanes of at least 4 members (excludes halogenated alkanes) is 1. The molecule has 3 heterocycles. The molecular weight excluding hydrogens is 498 g/mol. The zero-order chi connectivity index (χ0) is 27.2. The second kappa shape index (κ2) is 12.1. The van der Waals surface area contributed by atoms with E-state index < -0.39 is 11.4 Å². The van der Waals surface area contributed by atoms with Gasteiger partial charge in [-0.25, -0.2) is 4.79 Å². The summed E-state index contributed by atoms with van der Waals surface area (Å²) >= 11 is 0. The molecule has 0 bridgehead atoms. The number of rotatable bonds is 5. The normalized spacial score (nSPS) is 20.8. The fraction of sp³-hybridized carbons (Fsp3) is 0.500. The van der Waals surface area contributed by atoms with Crippen LogP contribution in [0.25, 0.3) is 11.1 Å². The van der Waals surface area contributed by atoms with Crippen LogP contribution in [0.1, 0.15) is 44.6 Å². The Labute approximate surface area is 228 Å². The van der Waals surface area contributed by atoms with E-state index in [0.717, 1.165) is 43.4 Å². The molecule has 1 fully saturated rings. The lowest BCUT2D eigenvalue weighted by atomic mass is 9.90. The second-order valence-corrected chi connectivity index (χ2v) is 10.4. The van der Waals surface area contributed by atoms with Gasteiger partial charge in [0.25, 0.3) is 5.91 Å². The molecule has 1 atom stereocenters. The van der Waals surface area contributed by atoms with E-state index >= 15 is 0 Å². The van der Waals surface area contributed by atoms with Gasteiger partial charge < -0.3 is 23.7 Å². The fourth-order valence-corrected chi connectivity index (χ4v) is 5.58. The number of carbonyl (C=O) groups excluding carboxylic acids is 2. The largest absolute Gasteiger partial charge is 0.491 e. The number of nitrogens with zero attached hydrogens (tertiary/aromatic N) is 3. The molecule has 3 aromatic rings. The maximum absolute atomic E-state index is 14.1. The summed E-state index contributed by atoms with van der Waals surface area (Å²) in [7, 11) is 0. The van der Waals surface area contributed by atoms with Crippen molar-refractivity contribution in [1.29, 1.82) is 0 Å². The Bertz CT molecular complexity index is 1360. The third-order valence-corrected chi connectivity index (χ3v) is 7.73. The predicted molar refractivity (Wildman–Crippen MR) is 147 cm³/mol. The Hall–Kier alpha value is -3.59. The van der Waals surface area contributed by atoms with E-state index in [-0.39, 0.29) is 31.5 Å². The lowest BCUT2D eigenvalue weighted by Crippen LogP contribution is -2.62. The van der Waals surface area contributed by atoms with Crippen molar-refractivity contribution < 1.29 is 23.5 Å². The lowest BCUT2D eigenvalue weighted by Gasteiger charge is -2.44.